The molecule has 0 aromatic heterocycles. The van der Waals surface area contributed by atoms with E-state index < -0.39 is 5.41 Å². The molecule has 0 fully saturated rings. The van der Waals surface area contributed by atoms with Gasteiger partial charge in [0.25, 0.3) is 0 Å². The molecule has 83 heavy (non-hydrogen) atoms. The van der Waals surface area contributed by atoms with Gasteiger partial charge in [0.15, 0.2) is 0 Å². The van der Waals surface area contributed by atoms with Crippen molar-refractivity contribution in [2.75, 3.05) is 14.7 Å². The maximum atomic E-state index is 2.42. The molecule has 0 spiro atoms. The van der Waals surface area contributed by atoms with E-state index in [9.17, 15) is 0 Å². The van der Waals surface area contributed by atoms with Crippen LogP contribution < -0.4 is 14.7 Å². The summed E-state index contributed by atoms with van der Waals surface area (Å²) in [7, 11) is 0. The molecule has 402 valence electrons. The van der Waals surface area contributed by atoms with Crippen molar-refractivity contribution >= 4 is 51.2 Å². The summed E-state index contributed by atoms with van der Waals surface area (Å²) in [5.74, 6) is 0. The highest BCUT2D eigenvalue weighted by Gasteiger charge is 2.46. The Labute approximate surface area is 490 Å². The normalized spacial score (nSPS) is 12.1. The van der Waals surface area contributed by atoms with Crippen molar-refractivity contribution in [3.05, 3.63) is 340 Å². The Balaban J connectivity index is 0.882. The predicted octanol–water partition coefficient (Wildman–Crippen LogP) is 22.0. The largest absolute Gasteiger partial charge is 0.311 e. The highest BCUT2D eigenvalue weighted by molar-refractivity contribution is 5.88. The number of hydrogen-bond acceptors (Lipinski definition) is 3. The van der Waals surface area contributed by atoms with Crippen LogP contribution in [0.4, 0.5) is 51.2 Å². The molecule has 3 heteroatoms. The van der Waals surface area contributed by atoms with Crippen LogP contribution in [0.15, 0.2) is 279 Å². The van der Waals surface area contributed by atoms with Gasteiger partial charge >= 0.3 is 0 Å². The lowest BCUT2D eigenvalue weighted by molar-refractivity contribution is 0.766. The topological polar surface area (TPSA) is 9.72 Å². The van der Waals surface area contributed by atoms with Gasteiger partial charge < -0.3 is 14.7 Å². The van der Waals surface area contributed by atoms with E-state index in [0.717, 1.165) is 73.4 Å². The Bertz CT molecular complexity index is 3980. The van der Waals surface area contributed by atoms with Crippen molar-refractivity contribution in [1.29, 1.82) is 0 Å². The van der Waals surface area contributed by atoms with Crippen molar-refractivity contribution < 1.29 is 0 Å². The van der Waals surface area contributed by atoms with E-state index >= 15 is 0 Å². The molecule has 0 saturated carbocycles. The standard InChI is InChI=1S/C80H67N3/c1-54-20-32-65(33-21-54)80(78-52-59(6)22-46-76(78)77-47-23-60(7)53-79(77)80)66-34-44-71(45-35-66)81(67-36-24-61(25-37-67)63-28-40-69(41-29-63)82(72-16-8-12-55(2)48-72)73-17-9-13-56(3)49-73)68-38-26-62(27-39-68)64-30-42-70(43-31-64)83(74-18-10-14-57(4)50-74)75-19-11-15-58(5)51-75/h8-53H,1-7H3. The molecule has 0 N–H and O–H groups in total. The second-order valence-electron chi connectivity index (χ2n) is 22.8. The van der Waals surface area contributed by atoms with E-state index in [1.54, 1.807) is 0 Å². The minimum Gasteiger partial charge on any atom is -0.311 e. The monoisotopic (exact) mass is 1070 g/mol. The van der Waals surface area contributed by atoms with Gasteiger partial charge in [-0.1, -0.05) is 187 Å². The van der Waals surface area contributed by atoms with Gasteiger partial charge in [0.2, 0.25) is 0 Å². The van der Waals surface area contributed by atoms with Crippen molar-refractivity contribution in [2.45, 2.75) is 53.9 Å². The molecule has 0 bridgehead atoms. The second-order valence-corrected chi connectivity index (χ2v) is 22.8. The van der Waals surface area contributed by atoms with Crippen LogP contribution >= 0.6 is 0 Å². The third-order valence-corrected chi connectivity index (χ3v) is 16.7. The summed E-state index contributed by atoms with van der Waals surface area (Å²) in [6.45, 7) is 15.2. The molecule has 0 atom stereocenters. The summed E-state index contributed by atoms with van der Waals surface area (Å²) in [5, 5.41) is 0. The molecule has 3 nitrogen and oxygen atoms in total. The van der Waals surface area contributed by atoms with Crippen molar-refractivity contribution in [1.82, 2.24) is 0 Å². The molecule has 0 unspecified atom stereocenters. The van der Waals surface area contributed by atoms with Crippen molar-refractivity contribution in [3.8, 4) is 33.4 Å². The van der Waals surface area contributed by atoms with Crippen molar-refractivity contribution in [3.63, 3.8) is 0 Å². The van der Waals surface area contributed by atoms with Crippen LogP contribution in [0.25, 0.3) is 33.4 Å². The van der Waals surface area contributed by atoms with Gasteiger partial charge in [-0.2, -0.15) is 0 Å². The molecule has 0 heterocycles. The van der Waals surface area contributed by atoms with E-state index in [1.165, 1.54) is 72.3 Å². The SMILES string of the molecule is Cc1ccc(C2(c3ccc(N(c4ccc(-c5ccc(N(c6cccc(C)c6)c6cccc(C)c6)cc5)cc4)c4ccc(-c5ccc(N(c6cccc(C)c6)c6cccc(C)c6)cc5)cc4)cc3)c3cc(C)ccc3-c3ccc(C)cc32)cc1. The Morgan fingerprint density at radius 3 is 0.735 bits per heavy atom. The van der Waals surface area contributed by atoms with Crippen LogP contribution in [-0.2, 0) is 5.41 Å². The highest BCUT2D eigenvalue weighted by atomic mass is 15.2. The lowest BCUT2D eigenvalue weighted by Crippen LogP contribution is -2.29. The average Bonchev–Trinajstić information content (AvgIpc) is 3.63. The first-order chi connectivity index (χ1) is 40.5. The fraction of sp³-hybridized carbons (Fsp3) is 0.100. The number of hydrogen-bond donors (Lipinski definition) is 0. The number of rotatable bonds is 13. The minimum atomic E-state index is -0.512. The minimum absolute atomic E-state index is 0.512. The first-order valence-corrected chi connectivity index (χ1v) is 29.0. The van der Waals surface area contributed by atoms with E-state index in [4.69, 9.17) is 0 Å². The van der Waals surface area contributed by atoms with E-state index in [2.05, 4.69) is 342 Å². The Kier molecular flexibility index (Phi) is 13.8. The van der Waals surface area contributed by atoms with Gasteiger partial charge in [0, 0.05) is 51.2 Å². The molecule has 12 aromatic rings. The summed E-state index contributed by atoms with van der Waals surface area (Å²) in [6.07, 6.45) is 0. The quantitative estimate of drug-likeness (QED) is 0.114. The molecule has 13 rings (SSSR count). The van der Waals surface area contributed by atoms with Gasteiger partial charge in [0.05, 0.1) is 5.41 Å². The summed E-state index contributed by atoms with van der Waals surface area (Å²) in [4.78, 5) is 7.09. The van der Waals surface area contributed by atoms with E-state index in [1.807, 2.05) is 0 Å². The first-order valence-electron chi connectivity index (χ1n) is 29.0. The van der Waals surface area contributed by atoms with Gasteiger partial charge in [0.1, 0.15) is 0 Å². The number of anilines is 9. The molecular formula is C80H67N3. The van der Waals surface area contributed by atoms with E-state index in [-0.39, 0.29) is 0 Å². The Morgan fingerprint density at radius 2 is 0.446 bits per heavy atom. The third kappa shape index (κ3) is 9.99. The third-order valence-electron chi connectivity index (χ3n) is 16.7. The first kappa shape index (κ1) is 52.4. The smallest absolute Gasteiger partial charge is 0.0713 e. The zero-order chi connectivity index (χ0) is 56.8. The lowest BCUT2D eigenvalue weighted by atomic mass is 9.67. The number of fused-ring (bicyclic) bond motifs is 3. The zero-order valence-electron chi connectivity index (χ0n) is 48.4. The average molecular weight is 1070 g/mol. The van der Waals surface area contributed by atoms with Crippen LogP contribution in [0.3, 0.4) is 0 Å². The van der Waals surface area contributed by atoms with Gasteiger partial charge in [-0.05, 0) is 236 Å². The Hall–Kier alpha value is -9.96. The molecule has 1 aliphatic carbocycles. The molecule has 12 aromatic carbocycles. The lowest BCUT2D eigenvalue weighted by Gasteiger charge is -2.35. The number of aryl methyl sites for hydroxylation is 7. The molecule has 0 radical (unpaired) electrons. The second kappa shape index (κ2) is 21.8. The van der Waals surface area contributed by atoms with Crippen LogP contribution in [0.5, 0.6) is 0 Å². The number of nitrogens with zero attached hydrogens (tertiary/aromatic N) is 3. The van der Waals surface area contributed by atoms with Crippen LogP contribution in [-0.4, -0.2) is 0 Å². The fourth-order valence-corrected chi connectivity index (χ4v) is 12.6. The molecular weight excluding hydrogens is 1000 g/mol. The summed E-state index contributed by atoms with van der Waals surface area (Å²) >= 11 is 0. The summed E-state index contributed by atoms with van der Waals surface area (Å²) in [6, 6.07) is 104. The van der Waals surface area contributed by atoms with Gasteiger partial charge in [-0.15, -0.1) is 0 Å². The summed E-state index contributed by atoms with van der Waals surface area (Å²) < 4.78 is 0. The number of benzene rings is 12. The maximum Gasteiger partial charge on any atom is 0.0713 e. The molecule has 0 amide bonds. The highest BCUT2D eigenvalue weighted by Crippen LogP contribution is 2.57. The van der Waals surface area contributed by atoms with Crippen LogP contribution in [0.2, 0.25) is 0 Å². The zero-order valence-corrected chi connectivity index (χ0v) is 48.4. The molecule has 0 aliphatic heterocycles. The van der Waals surface area contributed by atoms with Gasteiger partial charge in [-0.3, -0.25) is 0 Å². The van der Waals surface area contributed by atoms with E-state index in [0.29, 0.717) is 0 Å². The van der Waals surface area contributed by atoms with Gasteiger partial charge in [-0.25, -0.2) is 0 Å². The fourth-order valence-electron chi connectivity index (χ4n) is 12.6. The molecule has 0 saturated heterocycles. The Morgan fingerprint density at radius 1 is 0.205 bits per heavy atom. The van der Waals surface area contributed by atoms with Crippen LogP contribution in [0, 0.1) is 48.5 Å². The molecule has 1 aliphatic rings. The summed E-state index contributed by atoms with van der Waals surface area (Å²) in [5.41, 5.74) is 30.5. The predicted molar refractivity (Wildman–Crippen MR) is 352 cm³/mol. The van der Waals surface area contributed by atoms with Crippen LogP contribution in [0.1, 0.15) is 61.2 Å². The maximum absolute atomic E-state index is 2.42. The van der Waals surface area contributed by atoms with Crippen molar-refractivity contribution in [2.24, 2.45) is 0 Å².